The molecule has 0 bridgehead atoms. The lowest BCUT2D eigenvalue weighted by Crippen LogP contribution is -2.47. The van der Waals surface area contributed by atoms with Gasteiger partial charge in [-0.15, -0.1) is 0 Å². The number of rotatable bonds is 4. The Labute approximate surface area is 155 Å². The van der Waals surface area contributed by atoms with E-state index in [1.54, 1.807) is 12.1 Å². The van der Waals surface area contributed by atoms with Crippen LogP contribution in [0.5, 0.6) is 0 Å². The quantitative estimate of drug-likeness (QED) is 0.823. The molecule has 1 aliphatic carbocycles. The smallest absolute Gasteiger partial charge is 0.227 e. The maximum Gasteiger partial charge on any atom is 0.227 e. The summed E-state index contributed by atoms with van der Waals surface area (Å²) < 4.78 is 14.0. The molecule has 0 spiro atoms. The van der Waals surface area contributed by atoms with Crippen LogP contribution < -0.4 is 0 Å². The molecule has 0 aromatic heterocycles. The Bertz CT molecular complexity index is 671. The molecule has 1 saturated heterocycles. The lowest BCUT2D eigenvalue weighted by Gasteiger charge is -2.37. The predicted molar refractivity (Wildman–Crippen MR) is 98.7 cm³/mol. The molecule has 0 unspecified atom stereocenters. The van der Waals surface area contributed by atoms with Gasteiger partial charge in [-0.25, -0.2) is 4.39 Å². The summed E-state index contributed by atoms with van der Waals surface area (Å²) in [5.41, 5.74) is 0.190. The van der Waals surface area contributed by atoms with E-state index in [4.69, 9.17) is 0 Å². The van der Waals surface area contributed by atoms with Gasteiger partial charge in [-0.1, -0.05) is 39.0 Å². The Hall–Kier alpha value is -1.91. The summed E-state index contributed by atoms with van der Waals surface area (Å²) in [6.07, 6.45) is 3.39. The summed E-state index contributed by atoms with van der Waals surface area (Å²) in [6.45, 7) is 7.38. The number of halogens is 1. The summed E-state index contributed by atoms with van der Waals surface area (Å²) in [5, 5.41) is 0. The van der Waals surface area contributed by atoms with Crippen molar-refractivity contribution in [3.05, 3.63) is 35.6 Å². The Balaban J connectivity index is 1.63. The lowest BCUT2D eigenvalue weighted by molar-refractivity contribution is -0.145. The average Bonchev–Trinajstić information content (AvgIpc) is 3.44. The highest BCUT2D eigenvalue weighted by atomic mass is 19.1. The van der Waals surface area contributed by atoms with Gasteiger partial charge >= 0.3 is 0 Å². The second-order valence-electron chi connectivity index (χ2n) is 8.61. The largest absolute Gasteiger partial charge is 0.342 e. The molecule has 142 valence electrons. The molecule has 0 radical (unpaired) electrons. The molecular weight excluding hydrogens is 331 g/mol. The number of carbonyl (C=O) groups excluding carboxylic acids is 2. The third-order valence-corrected chi connectivity index (χ3v) is 5.34. The summed E-state index contributed by atoms with van der Waals surface area (Å²) in [5.74, 6) is -0.0460. The van der Waals surface area contributed by atoms with Crippen molar-refractivity contribution in [2.75, 3.05) is 13.1 Å². The highest BCUT2D eigenvalue weighted by molar-refractivity contribution is 5.83. The first-order chi connectivity index (χ1) is 12.3. The van der Waals surface area contributed by atoms with Gasteiger partial charge in [0, 0.05) is 42.6 Å². The standard InChI is InChI=1S/C21H29FN2O2/c1-21(2,3)20(26)23-12-10-15(11-13-23)19(25)24(17-8-9-17)14-16-6-4-5-7-18(16)22/h4-7,15,17H,8-14H2,1-3H3. The van der Waals surface area contributed by atoms with Crippen molar-refractivity contribution in [2.45, 2.75) is 59.0 Å². The molecule has 1 aromatic rings. The van der Waals surface area contributed by atoms with E-state index in [0.717, 1.165) is 12.8 Å². The molecule has 2 amide bonds. The predicted octanol–water partition coefficient (Wildman–Crippen LogP) is 3.60. The fraction of sp³-hybridized carbons (Fsp3) is 0.619. The van der Waals surface area contributed by atoms with E-state index in [2.05, 4.69) is 0 Å². The van der Waals surface area contributed by atoms with Gasteiger partial charge in [0.25, 0.3) is 0 Å². The van der Waals surface area contributed by atoms with Crippen LogP contribution in [0, 0.1) is 17.2 Å². The molecule has 1 heterocycles. The van der Waals surface area contributed by atoms with Gasteiger partial charge in [0.2, 0.25) is 11.8 Å². The van der Waals surface area contributed by atoms with Crippen molar-refractivity contribution in [3.8, 4) is 0 Å². The van der Waals surface area contributed by atoms with Gasteiger partial charge in [-0.3, -0.25) is 9.59 Å². The molecule has 3 rings (SSSR count). The number of likely N-dealkylation sites (tertiary alicyclic amines) is 1. The molecule has 26 heavy (non-hydrogen) atoms. The third-order valence-electron chi connectivity index (χ3n) is 5.34. The minimum absolute atomic E-state index is 0.0635. The topological polar surface area (TPSA) is 40.6 Å². The molecule has 1 aromatic carbocycles. The summed E-state index contributed by atoms with van der Waals surface area (Å²) in [6, 6.07) is 6.93. The Morgan fingerprint density at radius 1 is 1.12 bits per heavy atom. The van der Waals surface area contributed by atoms with Crippen LogP contribution in [0.25, 0.3) is 0 Å². The molecule has 2 aliphatic rings. The van der Waals surface area contributed by atoms with Crippen molar-refractivity contribution < 1.29 is 14.0 Å². The van der Waals surface area contributed by atoms with Gasteiger partial charge in [0.1, 0.15) is 5.82 Å². The van der Waals surface area contributed by atoms with Crippen LogP contribution in [-0.2, 0) is 16.1 Å². The second-order valence-corrected chi connectivity index (χ2v) is 8.61. The number of benzene rings is 1. The Morgan fingerprint density at radius 3 is 2.27 bits per heavy atom. The summed E-state index contributed by atoms with van der Waals surface area (Å²) in [4.78, 5) is 29.2. The van der Waals surface area contributed by atoms with Crippen molar-refractivity contribution in [2.24, 2.45) is 11.3 Å². The van der Waals surface area contributed by atoms with E-state index in [1.807, 2.05) is 36.6 Å². The highest BCUT2D eigenvalue weighted by Gasteiger charge is 2.38. The molecular formula is C21H29FN2O2. The van der Waals surface area contributed by atoms with E-state index in [1.165, 1.54) is 6.07 Å². The van der Waals surface area contributed by atoms with Crippen LogP contribution >= 0.6 is 0 Å². The van der Waals surface area contributed by atoms with E-state index < -0.39 is 0 Å². The number of piperidine rings is 1. The van der Waals surface area contributed by atoms with Crippen LogP contribution in [0.15, 0.2) is 24.3 Å². The van der Waals surface area contributed by atoms with Gasteiger partial charge in [0.15, 0.2) is 0 Å². The monoisotopic (exact) mass is 360 g/mol. The third kappa shape index (κ3) is 4.25. The van der Waals surface area contributed by atoms with Crippen LogP contribution in [0.2, 0.25) is 0 Å². The summed E-state index contributed by atoms with van der Waals surface area (Å²) >= 11 is 0. The number of hydrogen-bond donors (Lipinski definition) is 0. The Morgan fingerprint density at radius 2 is 1.73 bits per heavy atom. The molecule has 5 heteroatoms. The van der Waals surface area contributed by atoms with Gasteiger partial charge in [-0.2, -0.15) is 0 Å². The number of hydrogen-bond acceptors (Lipinski definition) is 2. The van der Waals surface area contributed by atoms with Crippen molar-refractivity contribution >= 4 is 11.8 Å². The van der Waals surface area contributed by atoms with E-state index in [0.29, 0.717) is 38.0 Å². The van der Waals surface area contributed by atoms with Crippen molar-refractivity contribution in [3.63, 3.8) is 0 Å². The maximum atomic E-state index is 14.0. The maximum absolute atomic E-state index is 14.0. The zero-order valence-corrected chi connectivity index (χ0v) is 16.0. The average molecular weight is 360 g/mol. The zero-order chi connectivity index (χ0) is 18.9. The molecule has 1 aliphatic heterocycles. The van der Waals surface area contributed by atoms with Gasteiger partial charge < -0.3 is 9.80 Å². The van der Waals surface area contributed by atoms with Crippen molar-refractivity contribution in [1.29, 1.82) is 0 Å². The SMILES string of the molecule is CC(C)(C)C(=O)N1CCC(C(=O)N(Cc2ccccc2F)C2CC2)CC1. The molecule has 0 atom stereocenters. The van der Waals surface area contributed by atoms with Crippen LogP contribution in [0.4, 0.5) is 4.39 Å². The first-order valence-electron chi connectivity index (χ1n) is 9.60. The minimum Gasteiger partial charge on any atom is -0.342 e. The zero-order valence-electron chi connectivity index (χ0n) is 16.0. The highest BCUT2D eigenvalue weighted by Crippen LogP contribution is 2.32. The van der Waals surface area contributed by atoms with Crippen LogP contribution in [-0.4, -0.2) is 40.7 Å². The molecule has 0 N–H and O–H groups in total. The normalized spacial score (nSPS) is 18.7. The van der Waals surface area contributed by atoms with E-state index in [9.17, 15) is 14.0 Å². The van der Waals surface area contributed by atoms with E-state index >= 15 is 0 Å². The first-order valence-corrected chi connectivity index (χ1v) is 9.60. The van der Waals surface area contributed by atoms with Crippen LogP contribution in [0.3, 0.4) is 0 Å². The summed E-state index contributed by atoms with van der Waals surface area (Å²) in [7, 11) is 0. The number of carbonyl (C=O) groups is 2. The van der Waals surface area contributed by atoms with Crippen molar-refractivity contribution in [1.82, 2.24) is 9.80 Å². The lowest BCUT2D eigenvalue weighted by atomic mass is 9.90. The van der Waals surface area contributed by atoms with Gasteiger partial charge in [0.05, 0.1) is 0 Å². The molecule has 1 saturated carbocycles. The molecule has 2 fully saturated rings. The minimum atomic E-state index is -0.387. The number of nitrogens with zero attached hydrogens (tertiary/aromatic N) is 2. The van der Waals surface area contributed by atoms with Crippen LogP contribution in [0.1, 0.15) is 52.0 Å². The fourth-order valence-corrected chi connectivity index (χ4v) is 3.62. The molecule has 4 nitrogen and oxygen atoms in total. The van der Waals surface area contributed by atoms with E-state index in [-0.39, 0.29) is 35.0 Å². The first kappa shape index (κ1) is 18.9. The Kier molecular flexibility index (Phi) is 5.35. The second kappa shape index (κ2) is 7.37. The number of amides is 2. The van der Waals surface area contributed by atoms with Gasteiger partial charge in [-0.05, 0) is 31.7 Å². The fourth-order valence-electron chi connectivity index (χ4n) is 3.62.